The number of hydrogen-bond acceptors (Lipinski definition) is 5. The summed E-state index contributed by atoms with van der Waals surface area (Å²) in [5.74, 6) is 0.232. The number of aryl methyl sites for hydroxylation is 1. The lowest BCUT2D eigenvalue weighted by molar-refractivity contribution is -0.00546. The van der Waals surface area contributed by atoms with Gasteiger partial charge >= 0.3 is 0 Å². The lowest BCUT2D eigenvalue weighted by atomic mass is 10.2. The van der Waals surface area contributed by atoms with Crippen LogP contribution >= 0.6 is 0 Å². The summed E-state index contributed by atoms with van der Waals surface area (Å²) in [6.45, 7) is 7.00. The highest BCUT2D eigenvalue weighted by Crippen LogP contribution is 2.27. The first-order valence-corrected chi connectivity index (χ1v) is 8.36. The van der Waals surface area contributed by atoms with Crippen molar-refractivity contribution >= 4 is 17.4 Å². The van der Waals surface area contributed by atoms with E-state index in [-0.39, 0.29) is 23.5 Å². The number of halogens is 2. The summed E-state index contributed by atoms with van der Waals surface area (Å²) in [6.07, 6.45) is -1.14. The maximum Gasteiger partial charge on any atom is 0.284 e. The highest BCUT2D eigenvalue weighted by molar-refractivity contribution is 6.04. The molecule has 1 aliphatic heterocycles. The van der Waals surface area contributed by atoms with Gasteiger partial charge in [0.15, 0.2) is 5.69 Å². The molecule has 2 unspecified atom stereocenters. The molecule has 0 radical (unpaired) electrons. The van der Waals surface area contributed by atoms with Crippen LogP contribution in [0.25, 0.3) is 0 Å². The first-order chi connectivity index (χ1) is 12.3. The summed E-state index contributed by atoms with van der Waals surface area (Å²) in [5.41, 5.74) is 0.181. The van der Waals surface area contributed by atoms with Crippen molar-refractivity contribution in [3.05, 3.63) is 35.3 Å². The van der Waals surface area contributed by atoms with Crippen molar-refractivity contribution < 1.29 is 18.3 Å². The van der Waals surface area contributed by atoms with E-state index in [9.17, 15) is 13.6 Å². The van der Waals surface area contributed by atoms with Crippen LogP contribution in [0.1, 0.15) is 42.0 Å². The molecule has 3 rings (SSSR count). The molecule has 1 aliphatic rings. The van der Waals surface area contributed by atoms with Crippen molar-refractivity contribution in [3.8, 4) is 0 Å². The minimum atomic E-state index is -2.78. The number of aromatic nitrogens is 3. The van der Waals surface area contributed by atoms with E-state index in [1.807, 2.05) is 13.8 Å². The van der Waals surface area contributed by atoms with Crippen molar-refractivity contribution in [2.75, 3.05) is 23.3 Å². The Hall–Kier alpha value is -2.55. The fraction of sp³-hybridized carbons (Fsp3) is 0.471. The van der Waals surface area contributed by atoms with Crippen molar-refractivity contribution in [1.82, 2.24) is 15.2 Å². The van der Waals surface area contributed by atoms with Gasteiger partial charge in [0.1, 0.15) is 5.82 Å². The molecule has 0 aromatic carbocycles. The quantitative estimate of drug-likeness (QED) is 0.870. The van der Waals surface area contributed by atoms with Crippen LogP contribution in [-0.4, -0.2) is 46.4 Å². The van der Waals surface area contributed by atoms with Crippen LogP contribution in [0.2, 0.25) is 0 Å². The third-order valence-corrected chi connectivity index (χ3v) is 4.17. The number of amides is 1. The number of aromatic amines is 1. The van der Waals surface area contributed by atoms with E-state index >= 15 is 0 Å². The van der Waals surface area contributed by atoms with Gasteiger partial charge in [-0.15, -0.1) is 0 Å². The number of rotatable bonds is 4. The third kappa shape index (κ3) is 3.82. The van der Waals surface area contributed by atoms with Crippen molar-refractivity contribution in [3.63, 3.8) is 0 Å². The molecule has 1 saturated heterocycles. The van der Waals surface area contributed by atoms with E-state index in [4.69, 9.17) is 4.74 Å². The zero-order valence-electron chi connectivity index (χ0n) is 14.8. The molecule has 1 amide bonds. The molecule has 2 aromatic rings. The Morgan fingerprint density at radius 1 is 1.35 bits per heavy atom. The van der Waals surface area contributed by atoms with E-state index in [0.717, 1.165) is 18.9 Å². The summed E-state index contributed by atoms with van der Waals surface area (Å²) >= 11 is 0. The maximum absolute atomic E-state index is 13.0. The van der Waals surface area contributed by atoms with Gasteiger partial charge in [0.25, 0.3) is 12.3 Å². The maximum atomic E-state index is 13.0. The molecule has 2 aromatic heterocycles. The number of anilines is 2. The molecule has 0 spiro atoms. The van der Waals surface area contributed by atoms with Crippen molar-refractivity contribution in [2.24, 2.45) is 0 Å². The van der Waals surface area contributed by atoms with E-state index < -0.39 is 18.0 Å². The van der Waals surface area contributed by atoms with Crippen LogP contribution in [-0.2, 0) is 4.74 Å². The first-order valence-electron chi connectivity index (χ1n) is 8.36. The Bertz CT molecular complexity index is 768. The fourth-order valence-electron chi connectivity index (χ4n) is 3.02. The summed E-state index contributed by atoms with van der Waals surface area (Å²) < 4.78 is 31.6. The molecule has 0 saturated carbocycles. The summed E-state index contributed by atoms with van der Waals surface area (Å²) in [6, 6.07) is 3.37. The van der Waals surface area contributed by atoms with E-state index in [2.05, 4.69) is 25.4 Å². The SMILES string of the molecule is Cc1[nH]nc(C(F)F)c1NC(=O)c1ccc(N2CC(C)OC(C)C2)nc1. The number of H-pyrrole nitrogens is 1. The van der Waals surface area contributed by atoms with Crippen LogP contribution in [0.4, 0.5) is 20.3 Å². The number of alkyl halides is 2. The zero-order chi connectivity index (χ0) is 18.8. The predicted molar refractivity (Wildman–Crippen MR) is 92.7 cm³/mol. The van der Waals surface area contributed by atoms with Gasteiger partial charge in [0.2, 0.25) is 0 Å². The number of morpholine rings is 1. The molecule has 0 bridgehead atoms. The van der Waals surface area contributed by atoms with Crippen LogP contribution in [0, 0.1) is 6.92 Å². The van der Waals surface area contributed by atoms with Gasteiger partial charge in [-0.1, -0.05) is 0 Å². The second kappa shape index (κ2) is 7.36. The topological polar surface area (TPSA) is 83.1 Å². The second-order valence-electron chi connectivity index (χ2n) is 6.43. The molecule has 0 aliphatic carbocycles. The average Bonchev–Trinajstić information content (AvgIpc) is 2.95. The van der Waals surface area contributed by atoms with Gasteiger partial charge in [-0.25, -0.2) is 13.8 Å². The van der Waals surface area contributed by atoms with E-state index in [1.165, 1.54) is 6.20 Å². The van der Waals surface area contributed by atoms with E-state index in [0.29, 0.717) is 5.69 Å². The molecule has 2 atom stereocenters. The van der Waals surface area contributed by atoms with Gasteiger partial charge < -0.3 is 15.0 Å². The molecular formula is C17H21F2N5O2. The molecule has 7 nitrogen and oxygen atoms in total. The van der Waals surface area contributed by atoms with Gasteiger partial charge in [-0.05, 0) is 32.9 Å². The van der Waals surface area contributed by atoms with Crippen molar-refractivity contribution in [2.45, 2.75) is 39.4 Å². The monoisotopic (exact) mass is 365 g/mol. The summed E-state index contributed by atoms with van der Waals surface area (Å²) in [5, 5.41) is 8.47. The minimum absolute atomic E-state index is 0.00454. The highest BCUT2D eigenvalue weighted by atomic mass is 19.3. The standard InChI is InChI=1S/C17H21F2N5O2/c1-9-7-24(8-10(2)26-9)13-5-4-12(6-20-13)17(25)21-14-11(3)22-23-15(14)16(18)19/h4-6,9-10,16H,7-8H2,1-3H3,(H,21,25)(H,22,23). The van der Waals surface area contributed by atoms with Crippen LogP contribution < -0.4 is 10.2 Å². The van der Waals surface area contributed by atoms with Crippen LogP contribution in [0.3, 0.4) is 0 Å². The number of carbonyl (C=O) groups excluding carboxylic acids is 1. The lowest BCUT2D eigenvalue weighted by Crippen LogP contribution is -2.45. The largest absolute Gasteiger partial charge is 0.372 e. The average molecular weight is 365 g/mol. The zero-order valence-corrected chi connectivity index (χ0v) is 14.8. The van der Waals surface area contributed by atoms with Gasteiger partial charge in [0.05, 0.1) is 29.2 Å². The molecule has 1 fully saturated rings. The Morgan fingerprint density at radius 3 is 2.62 bits per heavy atom. The Morgan fingerprint density at radius 2 is 2.04 bits per heavy atom. The summed E-state index contributed by atoms with van der Waals surface area (Å²) in [7, 11) is 0. The van der Waals surface area contributed by atoms with Gasteiger partial charge in [-0.2, -0.15) is 5.10 Å². The number of hydrogen-bond donors (Lipinski definition) is 2. The van der Waals surface area contributed by atoms with E-state index in [1.54, 1.807) is 19.1 Å². The molecule has 26 heavy (non-hydrogen) atoms. The molecule has 3 heterocycles. The van der Waals surface area contributed by atoms with Crippen LogP contribution in [0.5, 0.6) is 0 Å². The Kier molecular flexibility index (Phi) is 5.17. The third-order valence-electron chi connectivity index (χ3n) is 4.17. The molecular weight excluding hydrogens is 344 g/mol. The fourth-order valence-corrected chi connectivity index (χ4v) is 3.02. The number of nitrogens with one attached hydrogen (secondary N) is 2. The smallest absolute Gasteiger partial charge is 0.284 e. The van der Waals surface area contributed by atoms with Crippen LogP contribution in [0.15, 0.2) is 18.3 Å². The normalized spacial score (nSPS) is 20.5. The molecule has 2 N–H and O–H groups in total. The minimum Gasteiger partial charge on any atom is -0.372 e. The van der Waals surface area contributed by atoms with Gasteiger partial charge in [0, 0.05) is 19.3 Å². The Balaban J connectivity index is 1.72. The summed E-state index contributed by atoms with van der Waals surface area (Å²) in [4.78, 5) is 18.8. The number of nitrogens with zero attached hydrogens (tertiary/aromatic N) is 3. The Labute approximate surface area is 149 Å². The first kappa shape index (κ1) is 18.2. The predicted octanol–water partition coefficient (Wildman–Crippen LogP) is 2.92. The number of pyridine rings is 1. The number of ether oxygens (including phenoxy) is 1. The lowest BCUT2D eigenvalue weighted by Gasteiger charge is -2.36. The number of carbonyl (C=O) groups is 1. The molecule has 9 heteroatoms. The molecule has 140 valence electrons. The second-order valence-corrected chi connectivity index (χ2v) is 6.43. The van der Waals surface area contributed by atoms with Crippen molar-refractivity contribution in [1.29, 1.82) is 0 Å². The highest BCUT2D eigenvalue weighted by Gasteiger charge is 2.24. The van der Waals surface area contributed by atoms with Gasteiger partial charge in [-0.3, -0.25) is 9.89 Å².